The third-order valence-electron chi connectivity index (χ3n) is 3.36. The van der Waals surface area contributed by atoms with Gasteiger partial charge in [0.15, 0.2) is 0 Å². The Kier molecular flexibility index (Phi) is 4.01. The Hall–Kier alpha value is -0.850. The molecule has 0 unspecified atom stereocenters. The normalized spacial score (nSPS) is 12.9. The Morgan fingerprint density at radius 3 is 2.06 bits per heavy atom. The topological polar surface area (TPSA) is 0 Å². The lowest BCUT2D eigenvalue weighted by atomic mass is 9.80. The van der Waals surface area contributed by atoms with Crippen LogP contribution < -0.4 is 0 Å². The third kappa shape index (κ3) is 4.14. The van der Waals surface area contributed by atoms with E-state index < -0.39 is 0 Å². The summed E-state index contributed by atoms with van der Waals surface area (Å²) in [5.41, 5.74) is 2.46. The first-order chi connectivity index (χ1) is 7.64. The number of hydrogen-bond acceptors (Lipinski definition) is 0. The Morgan fingerprint density at radius 2 is 1.59 bits per heavy atom. The lowest BCUT2D eigenvalue weighted by Crippen LogP contribution is -2.17. The molecule has 0 atom stereocenters. The fraction of sp³-hybridized carbons (Fsp3) is 0.625. The van der Waals surface area contributed by atoms with Gasteiger partial charge in [0, 0.05) is 0 Å². The summed E-state index contributed by atoms with van der Waals surface area (Å²) >= 11 is 0. The molecule has 0 bridgehead atoms. The van der Waals surface area contributed by atoms with Crippen LogP contribution in [0.25, 0.3) is 0 Å². The zero-order valence-electron chi connectivity index (χ0n) is 12.0. The molecule has 0 saturated carbocycles. The zero-order valence-corrected chi connectivity index (χ0v) is 12.0. The smallest absolute Gasteiger partial charge is 0.123 e. The highest BCUT2D eigenvalue weighted by Gasteiger charge is 2.20. The van der Waals surface area contributed by atoms with E-state index in [0.717, 1.165) is 24.0 Å². The first-order valence-electron chi connectivity index (χ1n) is 6.44. The van der Waals surface area contributed by atoms with Crippen molar-refractivity contribution < 1.29 is 4.39 Å². The zero-order chi connectivity index (χ0) is 13.3. The molecule has 0 radical (unpaired) electrons. The molecule has 0 saturated heterocycles. The predicted molar refractivity (Wildman–Crippen MR) is 72.9 cm³/mol. The molecule has 1 rings (SSSR count). The first kappa shape index (κ1) is 14.2. The molecule has 0 nitrogen and oxygen atoms in total. The highest BCUT2D eigenvalue weighted by molar-refractivity contribution is 5.30. The van der Waals surface area contributed by atoms with Crippen LogP contribution in [0.3, 0.4) is 0 Å². The van der Waals surface area contributed by atoms with E-state index in [2.05, 4.69) is 47.6 Å². The van der Waals surface area contributed by atoms with E-state index in [1.165, 1.54) is 0 Å². The Labute approximate surface area is 105 Å². The van der Waals surface area contributed by atoms with Crippen molar-refractivity contribution in [2.75, 3.05) is 0 Å². The largest absolute Gasteiger partial charge is 0.207 e. The Bertz CT molecular complexity index is 383. The van der Waals surface area contributed by atoms with Crippen molar-refractivity contribution in [2.24, 2.45) is 5.41 Å². The quantitative estimate of drug-likeness (QED) is 0.684. The second kappa shape index (κ2) is 4.80. The highest BCUT2D eigenvalue weighted by atomic mass is 19.1. The van der Waals surface area contributed by atoms with Crippen LogP contribution >= 0.6 is 0 Å². The SMILES string of the molecule is CCC(C)(C)c1cc(F)cc(CC(C)(C)C)c1. The standard InChI is InChI=1S/C16H25F/c1-7-16(5,6)13-8-12(9-14(17)10-13)11-15(2,3)4/h8-10H,7,11H2,1-6H3. The van der Waals surface area contributed by atoms with Crippen LogP contribution in [0.15, 0.2) is 18.2 Å². The molecule has 17 heavy (non-hydrogen) atoms. The van der Waals surface area contributed by atoms with Gasteiger partial charge in [-0.15, -0.1) is 0 Å². The van der Waals surface area contributed by atoms with Gasteiger partial charge in [0.1, 0.15) is 5.82 Å². The van der Waals surface area contributed by atoms with Gasteiger partial charge in [-0.05, 0) is 46.9 Å². The van der Waals surface area contributed by atoms with Gasteiger partial charge in [-0.2, -0.15) is 0 Å². The minimum atomic E-state index is -0.108. The summed E-state index contributed by atoms with van der Waals surface area (Å²) in [5.74, 6) is -0.108. The van der Waals surface area contributed by atoms with Crippen molar-refractivity contribution in [3.05, 3.63) is 35.1 Å². The van der Waals surface area contributed by atoms with Crippen LogP contribution in [0.5, 0.6) is 0 Å². The van der Waals surface area contributed by atoms with Crippen LogP contribution in [0.1, 0.15) is 59.1 Å². The number of benzene rings is 1. The molecule has 0 N–H and O–H groups in total. The maximum absolute atomic E-state index is 13.7. The summed E-state index contributed by atoms with van der Waals surface area (Å²) in [7, 11) is 0. The summed E-state index contributed by atoms with van der Waals surface area (Å²) in [4.78, 5) is 0. The summed E-state index contributed by atoms with van der Waals surface area (Å²) < 4.78 is 13.7. The van der Waals surface area contributed by atoms with Gasteiger partial charge in [0.25, 0.3) is 0 Å². The molecule has 0 aliphatic heterocycles. The number of rotatable bonds is 3. The van der Waals surface area contributed by atoms with Gasteiger partial charge in [0.05, 0.1) is 0 Å². The van der Waals surface area contributed by atoms with E-state index in [-0.39, 0.29) is 16.6 Å². The van der Waals surface area contributed by atoms with Gasteiger partial charge in [-0.25, -0.2) is 4.39 Å². The molecule has 0 spiro atoms. The van der Waals surface area contributed by atoms with Crippen LogP contribution in [-0.4, -0.2) is 0 Å². The molecule has 0 amide bonds. The average Bonchev–Trinajstić information content (AvgIpc) is 2.14. The van der Waals surface area contributed by atoms with Gasteiger partial charge in [-0.1, -0.05) is 47.6 Å². The lowest BCUT2D eigenvalue weighted by Gasteiger charge is -2.25. The minimum absolute atomic E-state index is 0.0503. The molecule has 0 heterocycles. The highest BCUT2D eigenvalue weighted by Crippen LogP contribution is 2.30. The lowest BCUT2D eigenvalue weighted by molar-refractivity contribution is 0.409. The summed E-state index contributed by atoms with van der Waals surface area (Å²) in [6, 6.07) is 5.51. The van der Waals surface area contributed by atoms with Crippen molar-refractivity contribution in [3.63, 3.8) is 0 Å². The summed E-state index contributed by atoms with van der Waals surface area (Å²) in [5, 5.41) is 0. The molecule has 0 aromatic heterocycles. The Balaban J connectivity index is 3.11. The van der Waals surface area contributed by atoms with Gasteiger partial charge < -0.3 is 0 Å². The van der Waals surface area contributed by atoms with Crippen molar-refractivity contribution in [2.45, 2.75) is 59.8 Å². The first-order valence-corrected chi connectivity index (χ1v) is 6.44. The fourth-order valence-electron chi connectivity index (χ4n) is 1.96. The maximum Gasteiger partial charge on any atom is 0.123 e. The summed E-state index contributed by atoms with van der Waals surface area (Å²) in [6.45, 7) is 13.0. The van der Waals surface area contributed by atoms with Crippen molar-refractivity contribution in [3.8, 4) is 0 Å². The monoisotopic (exact) mass is 236 g/mol. The Morgan fingerprint density at radius 1 is 1.00 bits per heavy atom. The van der Waals surface area contributed by atoms with Crippen LogP contribution in [-0.2, 0) is 11.8 Å². The van der Waals surface area contributed by atoms with Gasteiger partial charge in [0.2, 0.25) is 0 Å². The van der Waals surface area contributed by atoms with E-state index in [9.17, 15) is 4.39 Å². The second-order valence-electron chi connectivity index (χ2n) is 6.82. The van der Waals surface area contributed by atoms with E-state index in [1.54, 1.807) is 12.1 Å². The van der Waals surface area contributed by atoms with Crippen LogP contribution in [0.4, 0.5) is 4.39 Å². The molecule has 0 fully saturated rings. The second-order valence-corrected chi connectivity index (χ2v) is 6.82. The number of halogens is 1. The molecule has 0 aliphatic carbocycles. The molecule has 1 aromatic rings. The molecule has 1 heteroatoms. The van der Waals surface area contributed by atoms with E-state index in [0.29, 0.717) is 0 Å². The third-order valence-corrected chi connectivity index (χ3v) is 3.36. The van der Waals surface area contributed by atoms with Crippen LogP contribution in [0, 0.1) is 11.2 Å². The fourth-order valence-corrected chi connectivity index (χ4v) is 1.96. The van der Waals surface area contributed by atoms with Gasteiger partial charge >= 0.3 is 0 Å². The van der Waals surface area contributed by atoms with E-state index in [4.69, 9.17) is 0 Å². The molecular formula is C16H25F. The van der Waals surface area contributed by atoms with E-state index in [1.807, 2.05) is 0 Å². The van der Waals surface area contributed by atoms with Crippen LogP contribution in [0.2, 0.25) is 0 Å². The number of hydrogen-bond donors (Lipinski definition) is 0. The molecular weight excluding hydrogens is 211 g/mol. The summed E-state index contributed by atoms with van der Waals surface area (Å²) in [6.07, 6.45) is 1.93. The minimum Gasteiger partial charge on any atom is -0.207 e. The average molecular weight is 236 g/mol. The molecule has 1 aromatic carbocycles. The molecule has 96 valence electrons. The van der Waals surface area contributed by atoms with Crippen molar-refractivity contribution in [1.82, 2.24) is 0 Å². The molecule has 0 aliphatic rings. The predicted octanol–water partition coefficient (Wildman–Crippen LogP) is 5.10. The van der Waals surface area contributed by atoms with Crippen molar-refractivity contribution in [1.29, 1.82) is 0 Å². The van der Waals surface area contributed by atoms with Gasteiger partial charge in [-0.3, -0.25) is 0 Å². The van der Waals surface area contributed by atoms with Crippen molar-refractivity contribution >= 4 is 0 Å². The maximum atomic E-state index is 13.7. The van der Waals surface area contributed by atoms with E-state index >= 15 is 0 Å².